The molecule has 0 fully saturated rings. The van der Waals surface area contributed by atoms with Crippen molar-refractivity contribution < 1.29 is 0 Å². The summed E-state index contributed by atoms with van der Waals surface area (Å²) >= 11 is 0. The van der Waals surface area contributed by atoms with Crippen molar-refractivity contribution in [2.24, 2.45) is 0 Å². The van der Waals surface area contributed by atoms with Gasteiger partial charge in [0.1, 0.15) is 0 Å². The van der Waals surface area contributed by atoms with Crippen molar-refractivity contribution in [3.63, 3.8) is 0 Å². The van der Waals surface area contributed by atoms with Crippen LogP contribution in [0.4, 0.5) is 5.69 Å². The molecule has 134 valence electrons. The Morgan fingerprint density at radius 1 is 0.741 bits per heavy atom. The Morgan fingerprint density at radius 2 is 1.37 bits per heavy atom. The number of aryl methyl sites for hydroxylation is 2. The largest absolute Gasteiger partial charge is 0.298 e. The topological polar surface area (TPSA) is 15.3 Å². The maximum absolute atomic E-state index is 3.56. The molecular formula is C25H24N2. The zero-order valence-corrected chi connectivity index (χ0v) is 15.8. The summed E-state index contributed by atoms with van der Waals surface area (Å²) in [5.74, 6) is 0. The standard InChI is InChI=1S/C25H24N2/c1-19-8-12-21(13-9-19)14-17-23-18-25(22-15-10-20(2)11-16-22)27(26-23)24-6-4-3-5-7-24/h3-18,25-26H,1-2H3. The van der Waals surface area contributed by atoms with Gasteiger partial charge in [-0.15, -0.1) is 0 Å². The Kier molecular flexibility index (Phi) is 4.80. The smallest absolute Gasteiger partial charge is 0.0958 e. The number of nitrogens with one attached hydrogen (secondary N) is 1. The average molecular weight is 352 g/mol. The Bertz CT molecular complexity index is 951. The van der Waals surface area contributed by atoms with Gasteiger partial charge in [-0.25, -0.2) is 0 Å². The van der Waals surface area contributed by atoms with E-state index in [0.29, 0.717) is 0 Å². The summed E-state index contributed by atoms with van der Waals surface area (Å²) < 4.78 is 0. The molecule has 1 heterocycles. The lowest BCUT2D eigenvalue weighted by atomic mass is 10.0. The maximum Gasteiger partial charge on any atom is 0.0958 e. The van der Waals surface area contributed by atoms with Gasteiger partial charge in [-0.2, -0.15) is 0 Å². The molecule has 0 radical (unpaired) electrons. The highest BCUT2D eigenvalue weighted by molar-refractivity contribution is 5.58. The van der Waals surface area contributed by atoms with Crippen LogP contribution >= 0.6 is 0 Å². The van der Waals surface area contributed by atoms with Crippen LogP contribution in [0, 0.1) is 13.8 Å². The van der Waals surface area contributed by atoms with Gasteiger partial charge in [0.25, 0.3) is 0 Å². The van der Waals surface area contributed by atoms with Gasteiger partial charge in [0.2, 0.25) is 0 Å². The van der Waals surface area contributed by atoms with Crippen molar-refractivity contribution in [1.82, 2.24) is 5.43 Å². The highest BCUT2D eigenvalue weighted by atomic mass is 15.5. The van der Waals surface area contributed by atoms with Gasteiger partial charge in [0, 0.05) is 0 Å². The van der Waals surface area contributed by atoms with Crippen LogP contribution in [0.3, 0.4) is 0 Å². The Balaban J connectivity index is 1.63. The van der Waals surface area contributed by atoms with Crippen LogP contribution in [0.2, 0.25) is 0 Å². The number of nitrogens with zero attached hydrogens (tertiary/aromatic N) is 1. The van der Waals surface area contributed by atoms with Crippen molar-refractivity contribution in [3.8, 4) is 0 Å². The van der Waals surface area contributed by atoms with Crippen LogP contribution in [0.15, 0.2) is 96.7 Å². The molecule has 1 N–H and O–H groups in total. The summed E-state index contributed by atoms with van der Waals surface area (Å²) in [6.45, 7) is 4.23. The van der Waals surface area contributed by atoms with Crippen LogP contribution in [-0.2, 0) is 0 Å². The van der Waals surface area contributed by atoms with E-state index in [-0.39, 0.29) is 6.04 Å². The molecule has 2 nitrogen and oxygen atoms in total. The molecule has 0 saturated carbocycles. The highest BCUT2D eigenvalue weighted by Gasteiger charge is 2.25. The number of hydrogen-bond donors (Lipinski definition) is 1. The van der Waals surface area contributed by atoms with Crippen LogP contribution in [0.1, 0.15) is 28.3 Å². The van der Waals surface area contributed by atoms with E-state index >= 15 is 0 Å². The van der Waals surface area contributed by atoms with Gasteiger partial charge in [-0.1, -0.05) is 83.9 Å². The van der Waals surface area contributed by atoms with E-state index in [1.807, 2.05) is 6.07 Å². The molecule has 2 heteroatoms. The number of benzene rings is 3. The Labute approximate surface area is 161 Å². The quantitative estimate of drug-likeness (QED) is 0.622. The van der Waals surface area contributed by atoms with Gasteiger partial charge in [-0.05, 0) is 49.3 Å². The van der Waals surface area contributed by atoms with E-state index in [1.165, 1.54) is 22.3 Å². The molecular weight excluding hydrogens is 328 g/mol. The number of rotatable bonds is 4. The minimum atomic E-state index is 0.158. The van der Waals surface area contributed by atoms with E-state index in [0.717, 1.165) is 11.4 Å². The number of hydrazine groups is 1. The third kappa shape index (κ3) is 3.95. The van der Waals surface area contributed by atoms with Crippen molar-refractivity contribution in [2.45, 2.75) is 19.9 Å². The normalized spacial score (nSPS) is 16.4. The summed E-state index contributed by atoms with van der Waals surface area (Å²) in [5, 5.41) is 2.22. The third-order valence-electron chi connectivity index (χ3n) is 4.85. The molecule has 1 aliphatic rings. The zero-order valence-electron chi connectivity index (χ0n) is 15.8. The summed E-state index contributed by atoms with van der Waals surface area (Å²) in [6.07, 6.45) is 6.58. The van der Waals surface area contributed by atoms with Crippen LogP contribution in [-0.4, -0.2) is 0 Å². The molecule has 0 bridgehead atoms. The molecule has 0 amide bonds. The molecule has 1 unspecified atom stereocenters. The summed E-state index contributed by atoms with van der Waals surface area (Å²) in [5.41, 5.74) is 10.8. The number of anilines is 1. The van der Waals surface area contributed by atoms with Crippen molar-refractivity contribution in [3.05, 3.63) is 119 Å². The predicted octanol–water partition coefficient (Wildman–Crippen LogP) is 5.97. The van der Waals surface area contributed by atoms with Crippen LogP contribution in [0.5, 0.6) is 0 Å². The van der Waals surface area contributed by atoms with Gasteiger partial charge in [-0.3, -0.25) is 10.4 Å². The molecule has 4 rings (SSSR count). The molecule has 1 aliphatic heterocycles. The lowest BCUT2D eigenvalue weighted by Crippen LogP contribution is -2.33. The lowest BCUT2D eigenvalue weighted by molar-refractivity contribution is 0.709. The summed E-state index contributed by atoms with van der Waals surface area (Å²) in [4.78, 5) is 0. The SMILES string of the molecule is Cc1ccc(C=CC2=CC(c3ccc(C)cc3)N(c3ccccc3)N2)cc1. The molecule has 27 heavy (non-hydrogen) atoms. The van der Waals surface area contributed by atoms with Crippen LogP contribution < -0.4 is 10.4 Å². The molecule has 0 saturated heterocycles. The molecule has 3 aromatic carbocycles. The van der Waals surface area contributed by atoms with Gasteiger partial charge < -0.3 is 0 Å². The second-order valence-electron chi connectivity index (χ2n) is 7.04. The first-order chi connectivity index (χ1) is 13.2. The number of allylic oxidation sites excluding steroid dienone is 1. The fourth-order valence-corrected chi connectivity index (χ4v) is 3.27. The monoisotopic (exact) mass is 352 g/mol. The third-order valence-corrected chi connectivity index (χ3v) is 4.85. The first-order valence-corrected chi connectivity index (χ1v) is 9.33. The lowest BCUT2D eigenvalue weighted by Gasteiger charge is -2.27. The average Bonchev–Trinajstić information content (AvgIpc) is 3.13. The molecule has 1 atom stereocenters. The fraction of sp³-hybridized carbons (Fsp3) is 0.120. The maximum atomic E-state index is 3.56. The molecule has 0 aromatic heterocycles. The first kappa shape index (κ1) is 17.2. The van der Waals surface area contributed by atoms with Crippen molar-refractivity contribution in [1.29, 1.82) is 0 Å². The second kappa shape index (κ2) is 7.55. The van der Waals surface area contributed by atoms with Gasteiger partial charge >= 0.3 is 0 Å². The summed E-state index contributed by atoms with van der Waals surface area (Å²) in [7, 11) is 0. The minimum absolute atomic E-state index is 0.158. The Morgan fingerprint density at radius 3 is 2.04 bits per heavy atom. The molecule has 3 aromatic rings. The van der Waals surface area contributed by atoms with Gasteiger partial charge in [0.05, 0.1) is 17.4 Å². The molecule has 0 aliphatic carbocycles. The van der Waals surface area contributed by atoms with E-state index in [4.69, 9.17) is 0 Å². The number of hydrogen-bond acceptors (Lipinski definition) is 2. The fourth-order valence-electron chi connectivity index (χ4n) is 3.27. The van der Waals surface area contributed by atoms with E-state index < -0.39 is 0 Å². The van der Waals surface area contributed by atoms with Gasteiger partial charge in [0.15, 0.2) is 0 Å². The highest BCUT2D eigenvalue weighted by Crippen LogP contribution is 2.32. The number of para-hydroxylation sites is 1. The second-order valence-corrected chi connectivity index (χ2v) is 7.04. The van der Waals surface area contributed by atoms with Crippen molar-refractivity contribution in [2.75, 3.05) is 5.01 Å². The molecule has 0 spiro atoms. The predicted molar refractivity (Wildman–Crippen MR) is 114 cm³/mol. The van der Waals surface area contributed by atoms with E-state index in [9.17, 15) is 0 Å². The van der Waals surface area contributed by atoms with E-state index in [2.05, 4.69) is 115 Å². The zero-order chi connectivity index (χ0) is 18.6. The minimum Gasteiger partial charge on any atom is -0.298 e. The first-order valence-electron chi connectivity index (χ1n) is 9.33. The van der Waals surface area contributed by atoms with E-state index in [1.54, 1.807) is 0 Å². The van der Waals surface area contributed by atoms with Crippen LogP contribution in [0.25, 0.3) is 6.08 Å². The Hall–Kier alpha value is -3.26. The summed E-state index contributed by atoms with van der Waals surface area (Å²) in [6, 6.07) is 28.0. The van der Waals surface area contributed by atoms with Crippen molar-refractivity contribution >= 4 is 11.8 Å².